The van der Waals surface area contributed by atoms with Crippen LogP contribution in [0.25, 0.3) is 55.5 Å². The molecule has 0 aliphatic rings. The van der Waals surface area contributed by atoms with Crippen LogP contribution < -0.4 is 37.9 Å². The van der Waals surface area contributed by atoms with E-state index in [1.54, 1.807) is 123 Å². The van der Waals surface area contributed by atoms with Crippen molar-refractivity contribution in [1.29, 1.82) is 0 Å². The van der Waals surface area contributed by atoms with E-state index in [2.05, 4.69) is 35.5 Å². The first-order valence-corrected chi connectivity index (χ1v) is 24.8. The Morgan fingerprint density at radius 2 is 1.18 bits per heavy atom. The highest BCUT2D eigenvalue weighted by molar-refractivity contribution is 7.92. The number of pyridine rings is 2. The minimum Gasteiger partial charge on any atom is -0.381 e. The number of carbonyl (C=O) groups is 2. The van der Waals surface area contributed by atoms with Crippen molar-refractivity contribution in [3.05, 3.63) is 181 Å². The molecule has 2 amide bonds. The second-order valence-corrected chi connectivity index (χ2v) is 19.6. The molecule has 10 aromatic rings. The number of para-hydroxylation sites is 2. The maximum absolute atomic E-state index is 14.7. The Morgan fingerprint density at radius 3 is 1.79 bits per heavy atom. The van der Waals surface area contributed by atoms with Gasteiger partial charge in [0.2, 0.25) is 10.0 Å². The van der Waals surface area contributed by atoms with Gasteiger partial charge in [-0.3, -0.25) is 33.0 Å². The summed E-state index contributed by atoms with van der Waals surface area (Å²) in [5.74, 6) is -1.41. The lowest BCUT2D eigenvalue weighted by molar-refractivity contribution is 0.0932. The van der Waals surface area contributed by atoms with Gasteiger partial charge in [-0.15, -0.1) is 10.2 Å². The number of rotatable bonds is 11. The highest BCUT2D eigenvalue weighted by Gasteiger charge is 2.28. The quantitative estimate of drug-likeness (QED) is 0.0863. The summed E-state index contributed by atoms with van der Waals surface area (Å²) in [4.78, 5) is 66.4. The largest absolute Gasteiger partial charge is 0.381 e. The first-order valence-electron chi connectivity index (χ1n) is 22.1. The number of fused-ring (bicyclic) bond motifs is 4. The summed E-state index contributed by atoms with van der Waals surface area (Å²) in [6.45, 7) is 5.21. The fraction of sp³-hybridized carbons (Fsp3) is 0.120. The number of anilines is 3. The average molecular weight is 1020 g/mol. The third-order valence-electron chi connectivity index (χ3n) is 12.2. The van der Waals surface area contributed by atoms with Gasteiger partial charge in [-0.2, -0.15) is 0 Å². The van der Waals surface area contributed by atoms with Crippen molar-refractivity contribution in [3.8, 4) is 22.6 Å². The van der Waals surface area contributed by atoms with Crippen molar-refractivity contribution in [3.63, 3.8) is 0 Å². The number of aromatic nitrogens is 8. The van der Waals surface area contributed by atoms with Gasteiger partial charge in [0.05, 0.1) is 56.2 Å². The molecular formula is C50H41Cl2N13O6S. The van der Waals surface area contributed by atoms with Gasteiger partial charge in [0.1, 0.15) is 11.1 Å². The fourth-order valence-corrected chi connectivity index (χ4v) is 10.1. The first-order chi connectivity index (χ1) is 34.4. The van der Waals surface area contributed by atoms with E-state index in [1.165, 1.54) is 30.4 Å². The topological polar surface area (TPSA) is 261 Å². The smallest absolute Gasteiger partial charge is 0.264 e. The van der Waals surface area contributed by atoms with Crippen molar-refractivity contribution in [2.24, 2.45) is 0 Å². The molecule has 0 aliphatic heterocycles. The number of nitrogens with zero attached hydrogens (tertiary/aromatic N) is 8. The summed E-state index contributed by atoms with van der Waals surface area (Å²) in [5, 5.41) is 16.7. The molecule has 362 valence electrons. The summed E-state index contributed by atoms with van der Waals surface area (Å²) in [7, 11) is -3.79. The molecule has 19 nitrogen and oxygen atoms in total. The lowest BCUT2D eigenvalue weighted by atomic mass is 10.1. The predicted molar refractivity (Wildman–Crippen MR) is 278 cm³/mol. The van der Waals surface area contributed by atoms with Crippen LogP contribution in [0, 0.1) is 6.92 Å². The van der Waals surface area contributed by atoms with Gasteiger partial charge in [0.15, 0.2) is 22.9 Å². The number of carbonyl (C=O) groups excluding carboxylic acids is 2. The number of nitrogens with one attached hydrogen (secondary N) is 3. The molecule has 10 rings (SSSR count). The molecule has 0 spiro atoms. The van der Waals surface area contributed by atoms with E-state index < -0.39 is 45.0 Å². The Bertz CT molecular complexity index is 4170. The number of hydrogen-bond acceptors (Lipinski definition) is 12. The molecule has 72 heavy (non-hydrogen) atoms. The second kappa shape index (κ2) is 18.0. The Kier molecular flexibility index (Phi) is 11.8. The van der Waals surface area contributed by atoms with Crippen LogP contribution in [0.3, 0.4) is 0 Å². The predicted octanol–water partition coefficient (Wildman–Crippen LogP) is 7.18. The fourth-order valence-electron chi connectivity index (χ4n) is 8.97. The maximum Gasteiger partial charge on any atom is 0.264 e. The van der Waals surface area contributed by atoms with E-state index >= 15 is 0 Å². The Balaban J connectivity index is 1.03. The van der Waals surface area contributed by atoms with Crippen LogP contribution in [0.1, 0.15) is 63.7 Å². The van der Waals surface area contributed by atoms with Crippen molar-refractivity contribution in [1.82, 2.24) is 49.0 Å². The van der Waals surface area contributed by atoms with Crippen LogP contribution in [0.15, 0.2) is 131 Å². The van der Waals surface area contributed by atoms with Crippen LogP contribution in [0.2, 0.25) is 10.0 Å². The highest BCUT2D eigenvalue weighted by Crippen LogP contribution is 2.32. The van der Waals surface area contributed by atoms with Crippen molar-refractivity contribution in [2.45, 2.75) is 32.9 Å². The number of nitrogens with two attached hydrogens (primary N) is 2. The lowest BCUT2D eigenvalue weighted by Crippen LogP contribution is -2.32. The first kappa shape index (κ1) is 47.1. The molecule has 0 fully saturated rings. The van der Waals surface area contributed by atoms with E-state index in [0.29, 0.717) is 33.4 Å². The van der Waals surface area contributed by atoms with Crippen molar-refractivity contribution >= 4 is 95.2 Å². The summed E-state index contributed by atoms with van der Waals surface area (Å²) < 4.78 is 33.0. The van der Waals surface area contributed by atoms with Crippen LogP contribution in [-0.2, 0) is 10.0 Å². The number of aryl methyl sites for hydroxylation is 1. The van der Waals surface area contributed by atoms with Crippen LogP contribution in [0.5, 0.6) is 0 Å². The molecule has 0 aliphatic carbocycles. The Hall–Kier alpha value is -8.59. The Morgan fingerprint density at radius 1 is 0.653 bits per heavy atom. The lowest BCUT2D eigenvalue weighted by Gasteiger charge is -2.23. The van der Waals surface area contributed by atoms with Crippen molar-refractivity contribution < 1.29 is 18.0 Å². The van der Waals surface area contributed by atoms with E-state index in [9.17, 15) is 27.6 Å². The molecular weight excluding hydrogens is 982 g/mol. The molecule has 6 heterocycles. The molecule has 0 saturated carbocycles. The molecule has 0 radical (unpaired) electrons. The van der Waals surface area contributed by atoms with Crippen LogP contribution >= 0.6 is 23.2 Å². The number of halogens is 2. The van der Waals surface area contributed by atoms with Gasteiger partial charge in [0, 0.05) is 40.7 Å². The Labute approximate surface area is 418 Å². The minimum atomic E-state index is -3.79. The van der Waals surface area contributed by atoms with Gasteiger partial charge in [-0.25, -0.2) is 27.4 Å². The molecule has 22 heteroatoms. The number of nitrogen functional groups attached to an aromatic ring is 2. The number of benzene rings is 4. The summed E-state index contributed by atoms with van der Waals surface area (Å²) in [6.07, 6.45) is 4.04. The number of sulfonamides is 1. The standard InChI is InChI=1S/C50H41Cl2N13O6S/c1-25-18-20-55-45-41(43(53)59-64(25)45)47(66)57-26(2)37-23-29-11-8-14-32(51)39(29)49(68)62(37)31-13-7-10-28(22-31)35-19-21-56-46-42(44(54)60-65(35)46)48(67)58-27(3)38-24-30-12-9-15-33(52)40(30)50(69)63(38)36-17-6-5-16-34(36)61-72(4,70)71/h5-24,26-27,61H,1-4H3,(H2,53,59)(H2,54,60)(H,57,66)(H,58,67). The zero-order chi connectivity index (χ0) is 50.9. The van der Waals surface area contributed by atoms with E-state index in [-0.39, 0.29) is 71.9 Å². The zero-order valence-electron chi connectivity index (χ0n) is 38.5. The summed E-state index contributed by atoms with van der Waals surface area (Å²) in [5.41, 5.74) is 15.3. The molecule has 4 aromatic carbocycles. The molecule has 7 N–H and O–H groups in total. The third kappa shape index (κ3) is 8.19. The zero-order valence-corrected chi connectivity index (χ0v) is 40.9. The van der Waals surface area contributed by atoms with Gasteiger partial charge < -0.3 is 22.1 Å². The maximum atomic E-state index is 14.7. The number of amides is 2. The SMILES string of the molecule is Cc1ccnc2c(C(=O)NC(C)c3cc4cccc(Cl)c4c(=O)n3-c3cccc(-c4ccnc5c(C(=O)NC(C)c6cc7cccc(Cl)c7c(=O)n6-c6ccccc6NS(C)(=O)=O)c(N)nn45)c3)c(N)nn12. The van der Waals surface area contributed by atoms with E-state index in [0.717, 1.165) is 11.9 Å². The third-order valence-corrected chi connectivity index (χ3v) is 13.4. The molecule has 2 atom stereocenters. The average Bonchev–Trinajstić information content (AvgIpc) is 3.87. The van der Waals surface area contributed by atoms with Gasteiger partial charge in [-0.1, -0.05) is 71.7 Å². The minimum absolute atomic E-state index is 0.0143. The van der Waals surface area contributed by atoms with Gasteiger partial charge in [-0.05, 0) is 92.2 Å². The van der Waals surface area contributed by atoms with Crippen LogP contribution in [0.4, 0.5) is 17.3 Å². The van der Waals surface area contributed by atoms with Gasteiger partial charge >= 0.3 is 0 Å². The van der Waals surface area contributed by atoms with Gasteiger partial charge in [0.25, 0.3) is 22.9 Å². The van der Waals surface area contributed by atoms with E-state index in [1.807, 2.05) is 6.92 Å². The molecule has 0 saturated heterocycles. The second-order valence-electron chi connectivity index (χ2n) is 17.1. The summed E-state index contributed by atoms with van der Waals surface area (Å²) >= 11 is 13.2. The van der Waals surface area contributed by atoms with Crippen LogP contribution in [-0.4, -0.2) is 64.8 Å². The molecule has 0 bridgehead atoms. The molecule has 2 unspecified atom stereocenters. The summed E-state index contributed by atoms with van der Waals surface area (Å²) in [6, 6.07) is 28.6. The monoisotopic (exact) mass is 1020 g/mol. The normalized spacial score (nSPS) is 12.6. The molecule has 6 aromatic heterocycles. The highest BCUT2D eigenvalue weighted by atomic mass is 35.5. The number of hydrogen-bond donors (Lipinski definition) is 5. The van der Waals surface area contributed by atoms with Crippen molar-refractivity contribution in [2.75, 3.05) is 22.4 Å². The van der Waals surface area contributed by atoms with E-state index in [4.69, 9.17) is 34.7 Å².